The molecule has 1 aromatic heterocycles. The molecule has 18 heavy (non-hydrogen) atoms. The van der Waals surface area contributed by atoms with Crippen molar-refractivity contribution in [2.24, 2.45) is 0 Å². The molecule has 0 aliphatic rings. The average Bonchev–Trinajstić information content (AvgIpc) is 2.36. The first-order valence-electron chi connectivity index (χ1n) is 5.50. The predicted molar refractivity (Wildman–Crippen MR) is 70.1 cm³/mol. The average molecular weight is 267 g/mol. The van der Waals surface area contributed by atoms with Gasteiger partial charge in [-0.3, -0.25) is 0 Å². The number of halogens is 2. The Balaban J connectivity index is 2.14. The fourth-order valence-electron chi connectivity index (χ4n) is 1.45. The van der Waals surface area contributed by atoms with Crippen LogP contribution in [0.5, 0.6) is 5.75 Å². The molecule has 1 aromatic carbocycles. The summed E-state index contributed by atoms with van der Waals surface area (Å²) in [5.41, 5.74) is 0.603. The van der Waals surface area contributed by atoms with Gasteiger partial charge in [0, 0.05) is 18.0 Å². The Labute approximate surface area is 110 Å². The maximum atomic E-state index is 13.6. The number of ether oxygens (including phenoxy) is 1. The van der Waals surface area contributed by atoms with E-state index in [1.165, 1.54) is 12.3 Å². The summed E-state index contributed by atoms with van der Waals surface area (Å²) in [5.74, 6) is 0.436. The van der Waals surface area contributed by atoms with Crippen LogP contribution in [0.4, 0.5) is 15.9 Å². The number of aromatic nitrogens is 1. The first-order valence-corrected chi connectivity index (χ1v) is 5.88. The van der Waals surface area contributed by atoms with Gasteiger partial charge in [0.25, 0.3) is 0 Å². The van der Waals surface area contributed by atoms with Gasteiger partial charge in [0.2, 0.25) is 0 Å². The number of nitrogens with zero attached hydrogens (tertiary/aromatic N) is 1. The first-order chi connectivity index (χ1) is 8.69. The van der Waals surface area contributed by atoms with E-state index in [0.717, 1.165) is 0 Å². The lowest BCUT2D eigenvalue weighted by molar-refractivity contribution is 0.321. The van der Waals surface area contributed by atoms with Crippen LogP contribution in [0.25, 0.3) is 0 Å². The third-order valence-corrected chi connectivity index (χ3v) is 2.46. The van der Waals surface area contributed by atoms with Crippen molar-refractivity contribution in [3.05, 3.63) is 47.4 Å². The summed E-state index contributed by atoms with van der Waals surface area (Å²) in [4.78, 5) is 4.07. The van der Waals surface area contributed by atoms with E-state index in [4.69, 9.17) is 16.3 Å². The summed E-state index contributed by atoms with van der Waals surface area (Å²) in [6, 6.07) is 8.10. The summed E-state index contributed by atoms with van der Waals surface area (Å²) in [7, 11) is 0. The normalized spacial score (nSPS) is 10.2. The molecular weight excluding hydrogens is 255 g/mol. The van der Waals surface area contributed by atoms with Crippen LogP contribution >= 0.6 is 11.6 Å². The van der Waals surface area contributed by atoms with Gasteiger partial charge in [0.15, 0.2) is 11.6 Å². The van der Waals surface area contributed by atoms with E-state index in [0.29, 0.717) is 23.1 Å². The Morgan fingerprint density at radius 2 is 2.17 bits per heavy atom. The lowest BCUT2D eigenvalue weighted by Gasteiger charge is -2.08. The van der Waals surface area contributed by atoms with Crippen molar-refractivity contribution < 1.29 is 9.13 Å². The van der Waals surface area contributed by atoms with Crippen molar-refractivity contribution in [3.63, 3.8) is 0 Å². The molecule has 0 bridgehead atoms. The van der Waals surface area contributed by atoms with Crippen LogP contribution in [0.2, 0.25) is 5.02 Å². The van der Waals surface area contributed by atoms with Gasteiger partial charge < -0.3 is 10.1 Å². The van der Waals surface area contributed by atoms with E-state index in [9.17, 15) is 4.39 Å². The van der Waals surface area contributed by atoms with Gasteiger partial charge in [0.05, 0.1) is 11.6 Å². The summed E-state index contributed by atoms with van der Waals surface area (Å²) < 4.78 is 18.7. The molecule has 0 unspecified atom stereocenters. The van der Waals surface area contributed by atoms with Crippen LogP contribution < -0.4 is 10.1 Å². The van der Waals surface area contributed by atoms with E-state index in [1.54, 1.807) is 24.3 Å². The third kappa shape index (κ3) is 3.11. The van der Waals surface area contributed by atoms with E-state index in [-0.39, 0.29) is 5.75 Å². The minimum Gasteiger partial charge on any atom is -0.491 e. The molecule has 0 fully saturated rings. The standard InChI is InChI=1S/C13H12ClFN2O/c1-2-18-12-5-4-10(7-11(12)15)17-13-6-3-9(14)8-16-13/h3-8H,2H2,1H3,(H,16,17). The molecule has 94 valence electrons. The molecule has 2 rings (SSSR count). The van der Waals surface area contributed by atoms with Crippen molar-refractivity contribution in [1.82, 2.24) is 4.98 Å². The molecule has 5 heteroatoms. The molecule has 3 nitrogen and oxygen atoms in total. The minimum absolute atomic E-state index is 0.243. The van der Waals surface area contributed by atoms with Gasteiger partial charge in [-0.05, 0) is 31.2 Å². The molecule has 2 aromatic rings. The van der Waals surface area contributed by atoms with E-state index in [1.807, 2.05) is 6.92 Å². The number of anilines is 2. The largest absolute Gasteiger partial charge is 0.491 e. The SMILES string of the molecule is CCOc1ccc(Nc2ccc(Cl)cn2)cc1F. The Hall–Kier alpha value is -1.81. The second-order valence-electron chi connectivity index (χ2n) is 3.56. The van der Waals surface area contributed by atoms with Gasteiger partial charge in [-0.2, -0.15) is 0 Å². The maximum absolute atomic E-state index is 13.6. The maximum Gasteiger partial charge on any atom is 0.167 e. The van der Waals surface area contributed by atoms with Crippen molar-refractivity contribution in [2.75, 3.05) is 11.9 Å². The highest BCUT2D eigenvalue weighted by molar-refractivity contribution is 6.30. The molecule has 0 amide bonds. The molecular formula is C13H12ClFN2O. The molecule has 0 atom stereocenters. The monoisotopic (exact) mass is 266 g/mol. The van der Waals surface area contributed by atoms with Crippen molar-refractivity contribution in [3.8, 4) is 5.75 Å². The Morgan fingerprint density at radius 1 is 1.33 bits per heavy atom. The molecule has 0 aliphatic carbocycles. The number of hydrogen-bond donors (Lipinski definition) is 1. The Morgan fingerprint density at radius 3 is 2.78 bits per heavy atom. The van der Waals surface area contributed by atoms with Crippen LogP contribution in [0.15, 0.2) is 36.5 Å². The molecule has 0 spiro atoms. The van der Waals surface area contributed by atoms with Gasteiger partial charge >= 0.3 is 0 Å². The number of rotatable bonds is 4. The third-order valence-electron chi connectivity index (χ3n) is 2.23. The first kappa shape index (κ1) is 12.6. The van der Waals surface area contributed by atoms with E-state index in [2.05, 4.69) is 10.3 Å². The zero-order valence-corrected chi connectivity index (χ0v) is 10.5. The van der Waals surface area contributed by atoms with Crippen LogP contribution in [-0.2, 0) is 0 Å². The van der Waals surface area contributed by atoms with Crippen molar-refractivity contribution in [2.45, 2.75) is 6.92 Å². The zero-order valence-electron chi connectivity index (χ0n) is 9.78. The molecule has 0 aliphatic heterocycles. The molecule has 0 saturated carbocycles. The fourth-order valence-corrected chi connectivity index (χ4v) is 1.56. The topological polar surface area (TPSA) is 34.1 Å². The second kappa shape index (κ2) is 5.69. The number of hydrogen-bond acceptors (Lipinski definition) is 3. The van der Waals surface area contributed by atoms with Gasteiger partial charge in [0.1, 0.15) is 5.82 Å². The highest BCUT2D eigenvalue weighted by atomic mass is 35.5. The van der Waals surface area contributed by atoms with E-state index < -0.39 is 5.82 Å². The minimum atomic E-state index is -0.407. The Bertz CT molecular complexity index is 531. The number of nitrogens with one attached hydrogen (secondary N) is 1. The quantitative estimate of drug-likeness (QED) is 0.908. The summed E-state index contributed by atoms with van der Waals surface area (Å²) in [6.45, 7) is 2.24. The number of benzene rings is 1. The fraction of sp³-hybridized carbons (Fsp3) is 0.154. The Kier molecular flexibility index (Phi) is 3.99. The smallest absolute Gasteiger partial charge is 0.167 e. The van der Waals surface area contributed by atoms with Crippen molar-refractivity contribution >= 4 is 23.1 Å². The van der Waals surface area contributed by atoms with Crippen LogP contribution in [0.1, 0.15) is 6.92 Å². The highest BCUT2D eigenvalue weighted by Gasteiger charge is 2.04. The van der Waals surface area contributed by atoms with Crippen LogP contribution in [-0.4, -0.2) is 11.6 Å². The van der Waals surface area contributed by atoms with Crippen LogP contribution in [0, 0.1) is 5.82 Å². The van der Waals surface area contributed by atoms with Crippen molar-refractivity contribution in [1.29, 1.82) is 0 Å². The van der Waals surface area contributed by atoms with Crippen LogP contribution in [0.3, 0.4) is 0 Å². The van der Waals surface area contributed by atoms with Gasteiger partial charge in [-0.1, -0.05) is 11.6 Å². The zero-order chi connectivity index (χ0) is 13.0. The lowest BCUT2D eigenvalue weighted by Crippen LogP contribution is -1.97. The summed E-state index contributed by atoms with van der Waals surface area (Å²) in [6.07, 6.45) is 1.52. The molecule has 1 N–H and O–H groups in total. The van der Waals surface area contributed by atoms with E-state index >= 15 is 0 Å². The summed E-state index contributed by atoms with van der Waals surface area (Å²) >= 11 is 5.73. The highest BCUT2D eigenvalue weighted by Crippen LogP contribution is 2.23. The molecule has 0 radical (unpaired) electrons. The number of pyridine rings is 1. The van der Waals surface area contributed by atoms with Gasteiger partial charge in [-0.15, -0.1) is 0 Å². The predicted octanol–water partition coefficient (Wildman–Crippen LogP) is 4.02. The second-order valence-corrected chi connectivity index (χ2v) is 4.00. The van der Waals surface area contributed by atoms with Gasteiger partial charge in [-0.25, -0.2) is 9.37 Å². The lowest BCUT2D eigenvalue weighted by atomic mass is 10.3. The molecule has 0 saturated heterocycles. The molecule has 1 heterocycles. The summed E-state index contributed by atoms with van der Waals surface area (Å²) in [5, 5.41) is 3.53.